The van der Waals surface area contributed by atoms with E-state index in [1.165, 1.54) is 16.5 Å². The summed E-state index contributed by atoms with van der Waals surface area (Å²) in [6.07, 6.45) is 2.00. The largest absolute Gasteiger partial charge is 0.240 e. The van der Waals surface area contributed by atoms with Gasteiger partial charge in [-0.05, 0) is 30.7 Å². The minimum absolute atomic E-state index is 1.05. The molecule has 0 aliphatic heterocycles. The van der Waals surface area contributed by atoms with E-state index in [1.54, 1.807) is 0 Å². The molecule has 0 aliphatic rings. The maximum Gasteiger partial charge on any atom is 0.0933 e. The fourth-order valence-electron chi connectivity index (χ4n) is 1.78. The molecule has 2 aromatic heterocycles. The van der Waals surface area contributed by atoms with Gasteiger partial charge >= 0.3 is 0 Å². The van der Waals surface area contributed by atoms with Gasteiger partial charge in [0.25, 0.3) is 0 Å². The maximum absolute atomic E-state index is 4.47. The van der Waals surface area contributed by atoms with Gasteiger partial charge in [0, 0.05) is 11.6 Å². The minimum Gasteiger partial charge on any atom is -0.240 e. The van der Waals surface area contributed by atoms with E-state index in [9.17, 15) is 0 Å². The number of nitrogens with zero attached hydrogens (tertiary/aromatic N) is 2. The van der Waals surface area contributed by atoms with E-state index in [1.807, 2.05) is 28.9 Å². The van der Waals surface area contributed by atoms with E-state index in [0.717, 1.165) is 5.52 Å². The van der Waals surface area contributed by atoms with Crippen LogP contribution in [0.2, 0.25) is 0 Å². The maximum atomic E-state index is 4.47. The van der Waals surface area contributed by atoms with Gasteiger partial charge in [0.2, 0.25) is 0 Å². The summed E-state index contributed by atoms with van der Waals surface area (Å²) in [6, 6.07) is 12.4. The molecule has 0 saturated carbocycles. The molecule has 0 saturated heterocycles. The van der Waals surface area contributed by atoms with Crippen molar-refractivity contribution < 1.29 is 0 Å². The molecule has 1 aromatic carbocycles. The predicted molar refractivity (Wildman–Crippen MR) is 57.4 cm³/mol. The molecule has 0 atom stereocenters. The number of hydrogen-bond acceptors (Lipinski definition) is 1. The van der Waals surface area contributed by atoms with Crippen LogP contribution in [0.3, 0.4) is 0 Å². The average molecular weight is 182 g/mol. The van der Waals surface area contributed by atoms with E-state index < -0.39 is 0 Å². The molecule has 0 aliphatic carbocycles. The minimum atomic E-state index is 1.05. The highest BCUT2D eigenvalue weighted by Crippen LogP contribution is 2.19. The number of fused-ring (bicyclic) bond motifs is 3. The fourth-order valence-corrected chi connectivity index (χ4v) is 1.78. The second kappa shape index (κ2) is 2.58. The first-order valence-electron chi connectivity index (χ1n) is 4.68. The van der Waals surface area contributed by atoms with Gasteiger partial charge in [-0.2, -0.15) is 5.10 Å². The van der Waals surface area contributed by atoms with Gasteiger partial charge in [-0.3, -0.25) is 0 Å². The van der Waals surface area contributed by atoms with Crippen LogP contribution >= 0.6 is 0 Å². The van der Waals surface area contributed by atoms with Crippen molar-refractivity contribution in [3.63, 3.8) is 0 Å². The predicted octanol–water partition coefficient (Wildman–Crippen LogP) is 2.80. The van der Waals surface area contributed by atoms with Gasteiger partial charge in [0.1, 0.15) is 0 Å². The SMILES string of the molecule is Cc1ccn2nc3ccccc3c2c1. The Morgan fingerprint density at radius 2 is 2.00 bits per heavy atom. The summed E-state index contributed by atoms with van der Waals surface area (Å²) in [7, 11) is 0. The van der Waals surface area contributed by atoms with Crippen molar-refractivity contribution in [3.05, 3.63) is 48.2 Å². The molecule has 0 radical (unpaired) electrons. The van der Waals surface area contributed by atoms with Crippen LogP contribution in [-0.2, 0) is 0 Å². The highest BCUT2D eigenvalue weighted by molar-refractivity contribution is 5.94. The lowest BCUT2D eigenvalue weighted by atomic mass is 10.2. The van der Waals surface area contributed by atoms with E-state index in [0.29, 0.717) is 0 Å². The van der Waals surface area contributed by atoms with Crippen molar-refractivity contribution in [2.24, 2.45) is 0 Å². The lowest BCUT2D eigenvalue weighted by molar-refractivity contribution is 0.978. The van der Waals surface area contributed by atoms with Gasteiger partial charge < -0.3 is 0 Å². The van der Waals surface area contributed by atoms with Crippen molar-refractivity contribution >= 4 is 16.4 Å². The highest BCUT2D eigenvalue weighted by Gasteiger charge is 2.02. The lowest BCUT2D eigenvalue weighted by Gasteiger charge is -1.94. The third-order valence-electron chi connectivity index (χ3n) is 2.49. The fraction of sp³-hybridized carbons (Fsp3) is 0.0833. The zero-order chi connectivity index (χ0) is 9.54. The molecule has 2 nitrogen and oxygen atoms in total. The molecule has 0 unspecified atom stereocenters. The van der Waals surface area contributed by atoms with Crippen LogP contribution < -0.4 is 0 Å². The lowest BCUT2D eigenvalue weighted by Crippen LogP contribution is -1.85. The number of pyridine rings is 1. The Morgan fingerprint density at radius 1 is 1.14 bits per heavy atom. The third-order valence-corrected chi connectivity index (χ3v) is 2.49. The Kier molecular flexibility index (Phi) is 1.39. The van der Waals surface area contributed by atoms with Crippen molar-refractivity contribution in [1.82, 2.24) is 9.61 Å². The second-order valence-electron chi connectivity index (χ2n) is 3.55. The Labute approximate surface area is 81.8 Å². The number of aryl methyl sites for hydroxylation is 1. The summed E-state index contributed by atoms with van der Waals surface area (Å²) in [4.78, 5) is 0. The molecule has 0 amide bonds. The van der Waals surface area contributed by atoms with Crippen LogP contribution in [0.15, 0.2) is 42.6 Å². The van der Waals surface area contributed by atoms with E-state index >= 15 is 0 Å². The first-order valence-corrected chi connectivity index (χ1v) is 4.68. The molecule has 3 rings (SSSR count). The first kappa shape index (κ1) is 7.56. The Bertz CT molecular complexity index is 608. The number of aromatic nitrogens is 2. The summed E-state index contributed by atoms with van der Waals surface area (Å²) >= 11 is 0. The molecular formula is C12H10N2. The third kappa shape index (κ3) is 0.940. The number of rotatable bonds is 0. The quantitative estimate of drug-likeness (QED) is 0.522. The summed E-state index contributed by atoms with van der Waals surface area (Å²) in [5.41, 5.74) is 3.50. The van der Waals surface area contributed by atoms with Crippen LogP contribution in [0.4, 0.5) is 0 Å². The summed E-state index contributed by atoms with van der Waals surface area (Å²) < 4.78 is 1.93. The Hall–Kier alpha value is -1.83. The normalized spacial score (nSPS) is 11.2. The standard InChI is InChI=1S/C12H10N2/c1-9-6-7-14-12(8-9)10-4-2-3-5-11(10)13-14/h2-8H,1H3. The average Bonchev–Trinajstić information content (AvgIpc) is 2.56. The molecule has 14 heavy (non-hydrogen) atoms. The molecule has 2 heteroatoms. The van der Waals surface area contributed by atoms with E-state index in [2.05, 4.69) is 30.2 Å². The molecule has 0 bridgehead atoms. The van der Waals surface area contributed by atoms with Crippen LogP contribution in [0.1, 0.15) is 5.56 Å². The van der Waals surface area contributed by atoms with Gasteiger partial charge in [0.15, 0.2) is 0 Å². The van der Waals surface area contributed by atoms with Crippen LogP contribution in [-0.4, -0.2) is 9.61 Å². The highest BCUT2D eigenvalue weighted by atomic mass is 15.2. The van der Waals surface area contributed by atoms with Gasteiger partial charge in [-0.15, -0.1) is 0 Å². The van der Waals surface area contributed by atoms with Crippen molar-refractivity contribution in [1.29, 1.82) is 0 Å². The van der Waals surface area contributed by atoms with Gasteiger partial charge in [-0.1, -0.05) is 18.2 Å². The van der Waals surface area contributed by atoms with Crippen molar-refractivity contribution in [3.8, 4) is 0 Å². The summed E-state index contributed by atoms with van der Waals surface area (Å²) in [5, 5.41) is 5.69. The monoisotopic (exact) mass is 182 g/mol. The smallest absolute Gasteiger partial charge is 0.0933 e. The van der Waals surface area contributed by atoms with Crippen LogP contribution in [0, 0.1) is 6.92 Å². The van der Waals surface area contributed by atoms with E-state index in [4.69, 9.17) is 0 Å². The Balaban J connectivity index is 2.58. The number of benzene rings is 1. The molecule has 3 aromatic rings. The Morgan fingerprint density at radius 3 is 2.93 bits per heavy atom. The second-order valence-corrected chi connectivity index (χ2v) is 3.55. The van der Waals surface area contributed by atoms with Gasteiger partial charge in [0.05, 0.1) is 11.0 Å². The topological polar surface area (TPSA) is 17.3 Å². The van der Waals surface area contributed by atoms with Crippen LogP contribution in [0.25, 0.3) is 16.4 Å². The molecule has 0 spiro atoms. The van der Waals surface area contributed by atoms with E-state index in [-0.39, 0.29) is 0 Å². The van der Waals surface area contributed by atoms with Gasteiger partial charge in [-0.25, -0.2) is 4.52 Å². The molecular weight excluding hydrogens is 172 g/mol. The molecule has 0 N–H and O–H groups in total. The summed E-state index contributed by atoms with van der Waals surface area (Å²) in [6.45, 7) is 2.10. The molecule has 68 valence electrons. The molecule has 0 fully saturated rings. The van der Waals surface area contributed by atoms with Crippen LogP contribution in [0.5, 0.6) is 0 Å². The zero-order valence-electron chi connectivity index (χ0n) is 7.94. The number of hydrogen-bond donors (Lipinski definition) is 0. The first-order chi connectivity index (χ1) is 6.84. The summed E-state index contributed by atoms with van der Waals surface area (Å²) in [5.74, 6) is 0. The van der Waals surface area contributed by atoms with Crippen molar-refractivity contribution in [2.45, 2.75) is 6.92 Å². The van der Waals surface area contributed by atoms with Crippen molar-refractivity contribution in [2.75, 3.05) is 0 Å². The molecule has 2 heterocycles. The zero-order valence-corrected chi connectivity index (χ0v) is 7.94.